The predicted octanol–water partition coefficient (Wildman–Crippen LogP) is 4.19. The summed E-state index contributed by atoms with van der Waals surface area (Å²) in [6.45, 7) is 0. The van der Waals surface area contributed by atoms with Crippen LogP contribution in [0, 0.1) is 0 Å². The van der Waals surface area contributed by atoms with Crippen molar-refractivity contribution < 1.29 is 9.90 Å². The second kappa shape index (κ2) is 4.86. The maximum Gasteiger partial charge on any atom is 0.335 e. The molecule has 1 N–H and O–H groups in total. The number of hydrogen-bond acceptors (Lipinski definition) is 2. The molecule has 0 saturated carbocycles. The molecule has 2 nitrogen and oxygen atoms in total. The first-order valence-electron chi connectivity index (χ1n) is 6.02. The van der Waals surface area contributed by atoms with Crippen LogP contribution in [-0.2, 0) is 6.42 Å². The molecule has 0 aliphatic carbocycles. The van der Waals surface area contributed by atoms with E-state index in [0.29, 0.717) is 12.0 Å². The van der Waals surface area contributed by atoms with Crippen molar-refractivity contribution in [3.05, 3.63) is 70.6 Å². The molecule has 2 aromatic carbocycles. The molecule has 0 aliphatic rings. The first kappa shape index (κ1) is 11.9. The monoisotopic (exact) mass is 268 g/mol. The van der Waals surface area contributed by atoms with Crippen LogP contribution in [0.5, 0.6) is 0 Å². The molecule has 3 rings (SSSR count). The fourth-order valence-electron chi connectivity index (χ4n) is 2.26. The smallest absolute Gasteiger partial charge is 0.335 e. The number of benzene rings is 2. The Bertz CT molecular complexity index is 743. The van der Waals surface area contributed by atoms with Gasteiger partial charge in [0.05, 0.1) is 5.56 Å². The van der Waals surface area contributed by atoms with Gasteiger partial charge in [0.1, 0.15) is 0 Å². The van der Waals surface area contributed by atoms with Crippen LogP contribution in [0.3, 0.4) is 0 Å². The van der Waals surface area contributed by atoms with E-state index in [2.05, 4.69) is 17.5 Å². The van der Waals surface area contributed by atoms with Crippen molar-refractivity contribution in [3.63, 3.8) is 0 Å². The Morgan fingerprint density at radius 2 is 1.74 bits per heavy atom. The van der Waals surface area contributed by atoms with Crippen LogP contribution in [0.1, 0.15) is 21.5 Å². The topological polar surface area (TPSA) is 37.3 Å². The van der Waals surface area contributed by atoms with Crippen molar-refractivity contribution in [2.24, 2.45) is 0 Å². The molecule has 0 aliphatic heterocycles. The Kier molecular flexibility index (Phi) is 3.05. The van der Waals surface area contributed by atoms with E-state index in [-0.39, 0.29) is 0 Å². The van der Waals surface area contributed by atoms with Gasteiger partial charge < -0.3 is 5.11 Å². The van der Waals surface area contributed by atoms with E-state index in [1.54, 1.807) is 23.5 Å². The molecule has 0 atom stereocenters. The highest BCUT2D eigenvalue weighted by atomic mass is 32.1. The number of thiophene rings is 1. The lowest BCUT2D eigenvalue weighted by Gasteiger charge is -2.05. The Hall–Kier alpha value is -2.13. The molecular weight excluding hydrogens is 256 g/mol. The van der Waals surface area contributed by atoms with Crippen molar-refractivity contribution in [3.8, 4) is 0 Å². The molecule has 94 valence electrons. The molecule has 0 spiro atoms. The SMILES string of the molecule is O=C(O)c1ccccc1Cc1csc2ccccc12. The minimum absolute atomic E-state index is 0.387. The lowest BCUT2D eigenvalue weighted by Crippen LogP contribution is -2.02. The van der Waals surface area contributed by atoms with Gasteiger partial charge in [-0.3, -0.25) is 0 Å². The van der Waals surface area contributed by atoms with E-state index in [4.69, 9.17) is 0 Å². The zero-order valence-electron chi connectivity index (χ0n) is 10.2. The van der Waals surface area contributed by atoms with Crippen molar-refractivity contribution in [1.29, 1.82) is 0 Å². The maximum atomic E-state index is 11.2. The van der Waals surface area contributed by atoms with Gasteiger partial charge in [0.25, 0.3) is 0 Å². The van der Waals surface area contributed by atoms with Crippen LogP contribution < -0.4 is 0 Å². The number of carboxylic acid groups (broad SMARTS) is 1. The van der Waals surface area contributed by atoms with E-state index in [9.17, 15) is 9.90 Å². The zero-order valence-corrected chi connectivity index (χ0v) is 11.0. The van der Waals surface area contributed by atoms with Gasteiger partial charge >= 0.3 is 5.97 Å². The number of hydrogen-bond donors (Lipinski definition) is 1. The highest BCUT2D eigenvalue weighted by Gasteiger charge is 2.11. The summed E-state index contributed by atoms with van der Waals surface area (Å²) in [5.74, 6) is -0.866. The highest BCUT2D eigenvalue weighted by molar-refractivity contribution is 7.17. The molecule has 0 radical (unpaired) electrons. The molecule has 1 aromatic heterocycles. The summed E-state index contributed by atoms with van der Waals surface area (Å²) in [5.41, 5.74) is 2.44. The van der Waals surface area contributed by atoms with Gasteiger partial charge in [-0.1, -0.05) is 36.4 Å². The van der Waals surface area contributed by atoms with Crippen molar-refractivity contribution in [2.75, 3.05) is 0 Å². The summed E-state index contributed by atoms with van der Waals surface area (Å²) in [4.78, 5) is 11.2. The number of rotatable bonds is 3. The minimum Gasteiger partial charge on any atom is -0.478 e. The molecule has 0 amide bonds. The van der Waals surface area contributed by atoms with E-state index in [1.165, 1.54) is 15.6 Å². The third-order valence-electron chi connectivity index (χ3n) is 3.19. The van der Waals surface area contributed by atoms with Crippen LogP contribution >= 0.6 is 11.3 Å². The van der Waals surface area contributed by atoms with Crippen LogP contribution in [0.25, 0.3) is 10.1 Å². The van der Waals surface area contributed by atoms with Crippen molar-refractivity contribution >= 4 is 27.4 Å². The molecule has 3 heteroatoms. The van der Waals surface area contributed by atoms with Gasteiger partial charge in [-0.15, -0.1) is 11.3 Å². The fourth-order valence-corrected chi connectivity index (χ4v) is 3.22. The Balaban J connectivity index is 2.04. The Morgan fingerprint density at radius 1 is 1.00 bits per heavy atom. The number of fused-ring (bicyclic) bond motifs is 1. The summed E-state index contributed by atoms with van der Waals surface area (Å²) in [5, 5.41) is 12.5. The average Bonchev–Trinajstić information content (AvgIpc) is 2.83. The molecule has 0 fully saturated rings. The molecule has 1 heterocycles. The average molecular weight is 268 g/mol. The number of aromatic carboxylic acids is 1. The van der Waals surface area contributed by atoms with Crippen molar-refractivity contribution in [2.45, 2.75) is 6.42 Å². The Labute approximate surface area is 114 Å². The van der Waals surface area contributed by atoms with Crippen LogP contribution in [0.15, 0.2) is 53.9 Å². The standard InChI is InChI=1S/C16H12O2S/c17-16(18)14-7-2-1-5-11(14)9-12-10-19-15-8-4-3-6-13(12)15/h1-8,10H,9H2,(H,17,18). The fraction of sp³-hybridized carbons (Fsp3) is 0.0625. The quantitative estimate of drug-likeness (QED) is 0.773. The summed E-state index contributed by atoms with van der Waals surface area (Å²) in [7, 11) is 0. The third kappa shape index (κ3) is 2.25. The molecular formula is C16H12O2S. The zero-order chi connectivity index (χ0) is 13.2. The Morgan fingerprint density at radius 3 is 2.58 bits per heavy atom. The van der Waals surface area contributed by atoms with E-state index in [0.717, 1.165) is 5.56 Å². The molecule has 0 saturated heterocycles. The van der Waals surface area contributed by atoms with Gasteiger partial charge in [-0.05, 0) is 40.4 Å². The van der Waals surface area contributed by atoms with Gasteiger partial charge in [0, 0.05) is 4.70 Å². The second-order valence-electron chi connectivity index (χ2n) is 4.40. The normalized spacial score (nSPS) is 10.7. The molecule has 19 heavy (non-hydrogen) atoms. The van der Waals surface area contributed by atoms with Crippen molar-refractivity contribution in [1.82, 2.24) is 0 Å². The predicted molar refractivity (Wildman–Crippen MR) is 78.0 cm³/mol. The third-order valence-corrected chi connectivity index (χ3v) is 4.20. The van der Waals surface area contributed by atoms with Crippen LogP contribution in [0.2, 0.25) is 0 Å². The summed E-state index contributed by atoms with van der Waals surface area (Å²) in [6, 6.07) is 15.4. The van der Waals surface area contributed by atoms with Gasteiger partial charge in [0.15, 0.2) is 0 Å². The minimum atomic E-state index is -0.866. The van der Waals surface area contributed by atoms with Gasteiger partial charge in [-0.25, -0.2) is 4.79 Å². The second-order valence-corrected chi connectivity index (χ2v) is 5.31. The first-order valence-corrected chi connectivity index (χ1v) is 6.90. The lowest BCUT2D eigenvalue weighted by atomic mass is 9.99. The lowest BCUT2D eigenvalue weighted by molar-refractivity contribution is 0.0696. The van der Waals surface area contributed by atoms with E-state index >= 15 is 0 Å². The summed E-state index contributed by atoms with van der Waals surface area (Å²) >= 11 is 1.70. The van der Waals surface area contributed by atoms with Gasteiger partial charge in [-0.2, -0.15) is 0 Å². The molecule has 3 aromatic rings. The van der Waals surface area contributed by atoms with E-state index in [1.807, 2.05) is 24.3 Å². The van der Waals surface area contributed by atoms with Crippen LogP contribution in [0.4, 0.5) is 0 Å². The molecule has 0 bridgehead atoms. The van der Waals surface area contributed by atoms with E-state index < -0.39 is 5.97 Å². The summed E-state index contributed by atoms with van der Waals surface area (Å²) < 4.78 is 1.24. The van der Waals surface area contributed by atoms with Gasteiger partial charge in [0.2, 0.25) is 0 Å². The largest absolute Gasteiger partial charge is 0.478 e. The number of carbonyl (C=O) groups is 1. The highest BCUT2D eigenvalue weighted by Crippen LogP contribution is 2.28. The maximum absolute atomic E-state index is 11.2. The first-order chi connectivity index (χ1) is 9.25. The number of carboxylic acids is 1. The molecule has 0 unspecified atom stereocenters. The summed E-state index contributed by atoms with van der Waals surface area (Å²) in [6.07, 6.45) is 0.659. The van der Waals surface area contributed by atoms with Crippen LogP contribution in [-0.4, -0.2) is 11.1 Å².